The molecule has 0 radical (unpaired) electrons. The van der Waals surface area contributed by atoms with Gasteiger partial charge in [-0.15, -0.1) is 0 Å². The lowest BCUT2D eigenvalue weighted by molar-refractivity contribution is -0.143. The summed E-state index contributed by atoms with van der Waals surface area (Å²) in [7, 11) is 0. The first-order valence-electron chi connectivity index (χ1n) is 10.8. The molecule has 1 amide bonds. The quantitative estimate of drug-likeness (QED) is 0.287. The van der Waals surface area contributed by atoms with Crippen molar-refractivity contribution in [2.75, 3.05) is 6.61 Å². The van der Waals surface area contributed by atoms with Crippen LogP contribution in [0.2, 0.25) is 5.02 Å². The maximum absolute atomic E-state index is 13.4. The van der Waals surface area contributed by atoms with Crippen molar-refractivity contribution < 1.29 is 18.7 Å². The van der Waals surface area contributed by atoms with Crippen LogP contribution in [0.1, 0.15) is 41.1 Å². The summed E-state index contributed by atoms with van der Waals surface area (Å²) >= 11 is 5.94. The minimum absolute atomic E-state index is 0.0951. The van der Waals surface area contributed by atoms with Gasteiger partial charge in [0, 0.05) is 5.02 Å². The number of carbonyl (C=O) groups is 2. The largest absolute Gasteiger partial charge is 0.452 e. The van der Waals surface area contributed by atoms with E-state index in [0.29, 0.717) is 10.6 Å². The lowest BCUT2D eigenvalue weighted by Crippen LogP contribution is -2.34. The summed E-state index contributed by atoms with van der Waals surface area (Å²) in [6, 6.07) is 20.4. The number of ether oxygens (including phenoxy) is 1. The van der Waals surface area contributed by atoms with Gasteiger partial charge in [-0.05, 0) is 71.9 Å². The highest BCUT2D eigenvalue weighted by Gasteiger charge is 2.22. The Hall–Kier alpha value is -3.44. The van der Waals surface area contributed by atoms with Crippen LogP contribution in [0.4, 0.5) is 4.39 Å². The zero-order valence-electron chi connectivity index (χ0n) is 17.9. The normalized spacial score (nSPS) is 15.5. The second-order valence-electron chi connectivity index (χ2n) is 7.90. The van der Waals surface area contributed by atoms with Crippen molar-refractivity contribution in [2.45, 2.75) is 25.3 Å². The summed E-state index contributed by atoms with van der Waals surface area (Å²) in [6.45, 7) is -0.406. The van der Waals surface area contributed by atoms with Crippen LogP contribution in [0.15, 0.2) is 72.8 Å². The van der Waals surface area contributed by atoms with Gasteiger partial charge < -0.3 is 10.1 Å². The minimum atomic E-state index is -0.671. The Morgan fingerprint density at radius 1 is 1.03 bits per heavy atom. The third-order valence-electron chi connectivity index (χ3n) is 5.60. The molecule has 0 bridgehead atoms. The van der Waals surface area contributed by atoms with Crippen LogP contribution in [0.5, 0.6) is 0 Å². The van der Waals surface area contributed by atoms with Crippen LogP contribution >= 0.6 is 11.6 Å². The summed E-state index contributed by atoms with van der Waals surface area (Å²) in [4.78, 5) is 25.5. The minimum Gasteiger partial charge on any atom is -0.452 e. The molecule has 33 heavy (non-hydrogen) atoms. The second kappa shape index (κ2) is 10.5. The number of benzene rings is 3. The maximum Gasteiger partial charge on any atom is 0.339 e. The Morgan fingerprint density at radius 3 is 2.52 bits per heavy atom. The highest BCUT2D eigenvalue weighted by atomic mass is 35.5. The molecule has 6 heteroatoms. The molecule has 1 N–H and O–H groups in total. The number of aryl methyl sites for hydroxylation is 1. The standard InChI is InChI=1S/C27H23ClFNO3/c28-21-12-8-18(9-13-21)16-24(20-10-14-22(29)15-11-20)27(32)33-17-26(31)30-25-7-3-5-19-4-1-2-6-23(19)25/h1-2,4,6,8-16,25H,3,5,7,17H2,(H,30,31)/b24-16+/t25-/m0/s1. The van der Waals surface area contributed by atoms with Crippen molar-refractivity contribution in [2.24, 2.45) is 0 Å². The van der Waals surface area contributed by atoms with Crippen LogP contribution in [-0.4, -0.2) is 18.5 Å². The van der Waals surface area contributed by atoms with Gasteiger partial charge in [0.2, 0.25) is 0 Å². The van der Waals surface area contributed by atoms with E-state index >= 15 is 0 Å². The zero-order valence-corrected chi connectivity index (χ0v) is 18.6. The van der Waals surface area contributed by atoms with Crippen LogP contribution in [0, 0.1) is 5.82 Å². The van der Waals surface area contributed by atoms with Crippen molar-refractivity contribution in [3.8, 4) is 0 Å². The molecule has 0 heterocycles. The molecule has 3 aromatic rings. The number of nitrogens with one attached hydrogen (secondary N) is 1. The molecule has 0 spiro atoms. The van der Waals surface area contributed by atoms with E-state index in [4.69, 9.17) is 16.3 Å². The number of hydrogen-bond donors (Lipinski definition) is 1. The van der Waals surface area contributed by atoms with Crippen molar-refractivity contribution in [1.82, 2.24) is 5.32 Å². The molecule has 0 unspecified atom stereocenters. The molecule has 1 atom stereocenters. The van der Waals surface area contributed by atoms with Gasteiger partial charge in [-0.2, -0.15) is 0 Å². The van der Waals surface area contributed by atoms with Gasteiger partial charge >= 0.3 is 5.97 Å². The van der Waals surface area contributed by atoms with Gasteiger partial charge in [-0.3, -0.25) is 4.79 Å². The van der Waals surface area contributed by atoms with Gasteiger partial charge in [0.1, 0.15) is 5.82 Å². The lowest BCUT2D eigenvalue weighted by atomic mass is 9.88. The monoisotopic (exact) mass is 463 g/mol. The number of halogens is 2. The average molecular weight is 464 g/mol. The fourth-order valence-corrected chi connectivity index (χ4v) is 4.09. The predicted octanol–water partition coefficient (Wildman–Crippen LogP) is 5.76. The van der Waals surface area contributed by atoms with Crippen molar-refractivity contribution in [1.29, 1.82) is 0 Å². The molecule has 4 rings (SSSR count). The number of rotatable bonds is 6. The molecule has 1 aliphatic carbocycles. The second-order valence-corrected chi connectivity index (χ2v) is 8.34. The summed E-state index contributed by atoms with van der Waals surface area (Å²) in [5.41, 5.74) is 3.76. The van der Waals surface area contributed by atoms with E-state index < -0.39 is 18.4 Å². The van der Waals surface area contributed by atoms with E-state index in [1.54, 1.807) is 30.3 Å². The Balaban J connectivity index is 1.46. The van der Waals surface area contributed by atoms with E-state index in [0.717, 1.165) is 30.4 Å². The number of carbonyl (C=O) groups excluding carboxylic acids is 2. The third kappa shape index (κ3) is 5.88. The van der Waals surface area contributed by atoms with Crippen LogP contribution in [-0.2, 0) is 20.7 Å². The maximum atomic E-state index is 13.4. The molecule has 4 nitrogen and oxygen atoms in total. The molecular weight excluding hydrogens is 441 g/mol. The highest BCUT2D eigenvalue weighted by molar-refractivity contribution is 6.30. The molecular formula is C27H23ClFNO3. The van der Waals surface area contributed by atoms with E-state index in [2.05, 4.69) is 11.4 Å². The Labute approximate surface area is 197 Å². The van der Waals surface area contributed by atoms with Crippen molar-refractivity contribution in [3.05, 3.63) is 106 Å². The lowest BCUT2D eigenvalue weighted by Gasteiger charge is -2.26. The molecule has 3 aromatic carbocycles. The van der Waals surface area contributed by atoms with Crippen molar-refractivity contribution >= 4 is 35.1 Å². The summed E-state index contributed by atoms with van der Waals surface area (Å²) in [5, 5.41) is 3.54. The van der Waals surface area contributed by atoms with Gasteiger partial charge in [-0.25, -0.2) is 9.18 Å². The highest BCUT2D eigenvalue weighted by Crippen LogP contribution is 2.29. The SMILES string of the molecule is O=C(COC(=O)/C(=C/c1ccc(Cl)cc1)c1ccc(F)cc1)N[C@H]1CCCc2ccccc21. The van der Waals surface area contributed by atoms with Gasteiger partial charge in [0.25, 0.3) is 5.91 Å². The molecule has 0 saturated heterocycles. The third-order valence-corrected chi connectivity index (χ3v) is 5.85. The van der Waals surface area contributed by atoms with Gasteiger partial charge in [0.05, 0.1) is 11.6 Å². The summed E-state index contributed by atoms with van der Waals surface area (Å²) < 4.78 is 18.7. The number of esters is 1. The number of amides is 1. The first kappa shape index (κ1) is 22.7. The van der Waals surface area contributed by atoms with Crippen LogP contribution < -0.4 is 5.32 Å². The van der Waals surface area contributed by atoms with E-state index in [1.165, 1.54) is 29.8 Å². The molecule has 0 aromatic heterocycles. The van der Waals surface area contributed by atoms with Gasteiger partial charge in [-0.1, -0.05) is 60.1 Å². The van der Waals surface area contributed by atoms with Gasteiger partial charge in [0.15, 0.2) is 6.61 Å². The fourth-order valence-electron chi connectivity index (χ4n) is 3.96. The fraction of sp³-hybridized carbons (Fsp3) is 0.185. The van der Waals surface area contributed by atoms with E-state index in [1.807, 2.05) is 18.2 Å². The number of fused-ring (bicyclic) bond motifs is 1. The first-order valence-corrected chi connectivity index (χ1v) is 11.1. The molecule has 0 fully saturated rings. The van der Waals surface area contributed by atoms with Crippen LogP contribution in [0.25, 0.3) is 11.6 Å². The van der Waals surface area contributed by atoms with Crippen LogP contribution in [0.3, 0.4) is 0 Å². The topological polar surface area (TPSA) is 55.4 Å². The van der Waals surface area contributed by atoms with E-state index in [9.17, 15) is 14.0 Å². The summed E-state index contributed by atoms with van der Waals surface area (Å²) in [5.74, 6) is -1.45. The first-order chi connectivity index (χ1) is 16.0. The van der Waals surface area contributed by atoms with Crippen molar-refractivity contribution in [3.63, 3.8) is 0 Å². The Kier molecular flexibility index (Phi) is 7.20. The molecule has 168 valence electrons. The zero-order chi connectivity index (χ0) is 23.2. The molecule has 0 aliphatic heterocycles. The Morgan fingerprint density at radius 2 is 1.76 bits per heavy atom. The molecule has 0 saturated carbocycles. The summed E-state index contributed by atoms with van der Waals surface area (Å²) in [6.07, 6.45) is 4.45. The predicted molar refractivity (Wildman–Crippen MR) is 127 cm³/mol. The Bertz CT molecular complexity index is 1170. The smallest absolute Gasteiger partial charge is 0.339 e. The number of hydrogen-bond acceptors (Lipinski definition) is 3. The average Bonchev–Trinajstić information content (AvgIpc) is 2.83. The van der Waals surface area contributed by atoms with E-state index in [-0.39, 0.29) is 17.5 Å². The molecule has 1 aliphatic rings.